The van der Waals surface area contributed by atoms with Crippen LogP contribution in [0.3, 0.4) is 0 Å². The van der Waals surface area contributed by atoms with E-state index in [0.29, 0.717) is 11.4 Å². The van der Waals surface area contributed by atoms with Crippen LogP contribution in [0.15, 0.2) is 36.4 Å². The zero-order valence-corrected chi connectivity index (χ0v) is 13.7. The maximum absolute atomic E-state index is 12.0. The van der Waals surface area contributed by atoms with Gasteiger partial charge in [-0.25, -0.2) is 4.79 Å². The molecule has 0 aliphatic heterocycles. The van der Waals surface area contributed by atoms with E-state index in [4.69, 9.17) is 14.6 Å². The second-order valence-corrected chi connectivity index (χ2v) is 5.42. The van der Waals surface area contributed by atoms with Gasteiger partial charge >= 0.3 is 5.97 Å². The molecule has 1 amide bonds. The van der Waals surface area contributed by atoms with Gasteiger partial charge in [-0.1, -0.05) is 31.2 Å². The minimum Gasteiger partial charge on any atom is -0.481 e. The first-order valence-electron chi connectivity index (χ1n) is 7.79. The first kappa shape index (κ1) is 17.7. The van der Waals surface area contributed by atoms with E-state index in [1.165, 1.54) is 0 Å². The molecule has 0 bridgehead atoms. The minimum atomic E-state index is -1.04. The Morgan fingerprint density at radius 3 is 2.50 bits per heavy atom. The number of nitrogens with one attached hydrogen (secondary N) is 1. The number of amides is 1. The number of fused-ring (bicyclic) bond motifs is 1. The van der Waals surface area contributed by atoms with Crippen molar-refractivity contribution < 1.29 is 24.2 Å². The molecule has 128 valence electrons. The van der Waals surface area contributed by atoms with Gasteiger partial charge in [0.25, 0.3) is 0 Å². The summed E-state index contributed by atoms with van der Waals surface area (Å²) >= 11 is 0. The number of carboxylic acid groups (broad SMARTS) is 1. The zero-order valence-electron chi connectivity index (χ0n) is 13.7. The highest BCUT2D eigenvalue weighted by atomic mass is 16.5. The van der Waals surface area contributed by atoms with E-state index in [-0.39, 0.29) is 18.6 Å². The predicted octanol–water partition coefficient (Wildman–Crippen LogP) is 3.06. The molecule has 2 N–H and O–H groups in total. The SMILES string of the molecule is CCC(C)OCC(=O)Nc1ccc(OCC(=O)O)c2ccccc12. The Hall–Kier alpha value is -2.60. The molecule has 0 saturated heterocycles. The van der Waals surface area contributed by atoms with Crippen molar-refractivity contribution in [3.63, 3.8) is 0 Å². The van der Waals surface area contributed by atoms with Crippen molar-refractivity contribution >= 4 is 28.3 Å². The third kappa shape index (κ3) is 4.70. The topological polar surface area (TPSA) is 84.9 Å². The summed E-state index contributed by atoms with van der Waals surface area (Å²) in [5, 5.41) is 13.1. The van der Waals surface area contributed by atoms with Crippen LogP contribution in [0, 0.1) is 0 Å². The molecule has 1 atom stereocenters. The number of anilines is 1. The van der Waals surface area contributed by atoms with Crippen molar-refractivity contribution in [2.24, 2.45) is 0 Å². The quantitative estimate of drug-likeness (QED) is 0.776. The average Bonchev–Trinajstić information content (AvgIpc) is 2.58. The fraction of sp³-hybridized carbons (Fsp3) is 0.333. The third-order valence-corrected chi connectivity index (χ3v) is 3.58. The monoisotopic (exact) mass is 331 g/mol. The molecule has 0 aromatic heterocycles. The van der Waals surface area contributed by atoms with Crippen LogP contribution in [-0.2, 0) is 14.3 Å². The Balaban J connectivity index is 2.18. The second-order valence-electron chi connectivity index (χ2n) is 5.42. The van der Waals surface area contributed by atoms with Gasteiger partial charge in [-0.15, -0.1) is 0 Å². The summed E-state index contributed by atoms with van der Waals surface area (Å²) in [6.45, 7) is 3.47. The first-order chi connectivity index (χ1) is 11.5. The zero-order chi connectivity index (χ0) is 17.5. The molecule has 24 heavy (non-hydrogen) atoms. The molecule has 0 spiro atoms. The standard InChI is InChI=1S/C18H21NO5/c1-3-12(2)23-10-17(20)19-15-8-9-16(24-11-18(21)22)14-7-5-4-6-13(14)15/h4-9,12H,3,10-11H2,1-2H3,(H,19,20)(H,21,22). The Labute approximate surface area is 140 Å². The number of carbonyl (C=O) groups is 2. The minimum absolute atomic E-state index is 0.0133. The number of aliphatic carboxylic acids is 1. The van der Waals surface area contributed by atoms with Gasteiger partial charge in [0, 0.05) is 16.5 Å². The van der Waals surface area contributed by atoms with E-state index in [1.54, 1.807) is 12.1 Å². The lowest BCUT2D eigenvalue weighted by atomic mass is 10.1. The van der Waals surface area contributed by atoms with Gasteiger partial charge in [0.05, 0.1) is 6.10 Å². The van der Waals surface area contributed by atoms with E-state index in [9.17, 15) is 9.59 Å². The highest BCUT2D eigenvalue weighted by Gasteiger charge is 2.11. The van der Waals surface area contributed by atoms with Crippen molar-refractivity contribution in [1.82, 2.24) is 0 Å². The highest BCUT2D eigenvalue weighted by Crippen LogP contribution is 2.31. The van der Waals surface area contributed by atoms with Gasteiger partial charge in [-0.05, 0) is 25.5 Å². The molecule has 0 fully saturated rings. The molecular formula is C18H21NO5. The number of carbonyl (C=O) groups excluding carboxylic acids is 1. The molecule has 0 aliphatic rings. The van der Waals surface area contributed by atoms with Gasteiger partial charge in [-0.2, -0.15) is 0 Å². The molecule has 0 radical (unpaired) electrons. The van der Waals surface area contributed by atoms with Crippen LogP contribution in [0.5, 0.6) is 5.75 Å². The fourth-order valence-electron chi connectivity index (χ4n) is 2.17. The fourth-order valence-corrected chi connectivity index (χ4v) is 2.17. The first-order valence-corrected chi connectivity index (χ1v) is 7.79. The molecule has 0 saturated carbocycles. The van der Waals surface area contributed by atoms with E-state index in [1.807, 2.05) is 38.1 Å². The number of hydrogen-bond donors (Lipinski definition) is 2. The Bertz CT molecular complexity index is 728. The van der Waals surface area contributed by atoms with Crippen LogP contribution in [-0.4, -0.2) is 36.3 Å². The molecule has 0 heterocycles. The summed E-state index contributed by atoms with van der Waals surface area (Å²) in [5.74, 6) is -0.819. The van der Waals surface area contributed by atoms with E-state index in [2.05, 4.69) is 5.32 Å². The van der Waals surface area contributed by atoms with Crippen molar-refractivity contribution in [3.05, 3.63) is 36.4 Å². The lowest BCUT2D eigenvalue weighted by Gasteiger charge is -2.14. The summed E-state index contributed by atoms with van der Waals surface area (Å²) in [5.41, 5.74) is 0.631. The van der Waals surface area contributed by atoms with Gasteiger partial charge in [-0.3, -0.25) is 4.79 Å². The maximum Gasteiger partial charge on any atom is 0.341 e. The van der Waals surface area contributed by atoms with Crippen molar-refractivity contribution in [2.75, 3.05) is 18.5 Å². The Morgan fingerprint density at radius 2 is 1.83 bits per heavy atom. The molecule has 6 heteroatoms. The number of hydrogen-bond acceptors (Lipinski definition) is 4. The molecule has 2 rings (SSSR count). The van der Waals surface area contributed by atoms with Crippen LogP contribution >= 0.6 is 0 Å². The molecule has 2 aromatic rings. The van der Waals surface area contributed by atoms with E-state index >= 15 is 0 Å². The van der Waals surface area contributed by atoms with Crippen LogP contribution in [0.2, 0.25) is 0 Å². The smallest absolute Gasteiger partial charge is 0.341 e. The Morgan fingerprint density at radius 1 is 1.12 bits per heavy atom. The summed E-state index contributed by atoms with van der Waals surface area (Å²) in [6, 6.07) is 10.7. The third-order valence-electron chi connectivity index (χ3n) is 3.58. The number of ether oxygens (including phenoxy) is 2. The van der Waals surface area contributed by atoms with Crippen LogP contribution < -0.4 is 10.1 Å². The van der Waals surface area contributed by atoms with Crippen molar-refractivity contribution in [2.45, 2.75) is 26.4 Å². The van der Waals surface area contributed by atoms with E-state index in [0.717, 1.165) is 17.2 Å². The van der Waals surface area contributed by atoms with Gasteiger partial charge in [0.2, 0.25) is 5.91 Å². The molecule has 2 aromatic carbocycles. The number of rotatable bonds is 8. The summed E-state index contributed by atoms with van der Waals surface area (Å²) in [7, 11) is 0. The van der Waals surface area contributed by atoms with Crippen LogP contribution in [0.1, 0.15) is 20.3 Å². The second kappa shape index (κ2) is 8.31. The van der Waals surface area contributed by atoms with Crippen LogP contribution in [0.4, 0.5) is 5.69 Å². The molecular weight excluding hydrogens is 310 g/mol. The maximum atomic E-state index is 12.0. The van der Waals surface area contributed by atoms with Gasteiger partial charge < -0.3 is 19.9 Å². The highest BCUT2D eigenvalue weighted by molar-refractivity contribution is 6.04. The van der Waals surface area contributed by atoms with Gasteiger partial charge in [0.1, 0.15) is 12.4 Å². The number of carboxylic acids is 1. The normalized spacial score (nSPS) is 11.9. The predicted molar refractivity (Wildman–Crippen MR) is 91.4 cm³/mol. The molecule has 0 aliphatic carbocycles. The van der Waals surface area contributed by atoms with Gasteiger partial charge in [0.15, 0.2) is 6.61 Å². The lowest BCUT2D eigenvalue weighted by molar-refractivity contribution is -0.139. The Kier molecular flexibility index (Phi) is 6.14. The average molecular weight is 331 g/mol. The largest absolute Gasteiger partial charge is 0.481 e. The summed E-state index contributed by atoms with van der Waals surface area (Å²) < 4.78 is 10.7. The summed E-state index contributed by atoms with van der Waals surface area (Å²) in [4.78, 5) is 22.7. The van der Waals surface area contributed by atoms with E-state index < -0.39 is 12.6 Å². The van der Waals surface area contributed by atoms with Crippen LogP contribution in [0.25, 0.3) is 10.8 Å². The molecule has 1 unspecified atom stereocenters. The van der Waals surface area contributed by atoms with Crippen molar-refractivity contribution in [1.29, 1.82) is 0 Å². The number of benzene rings is 2. The summed E-state index contributed by atoms with van der Waals surface area (Å²) in [6.07, 6.45) is 0.866. The lowest BCUT2D eigenvalue weighted by Crippen LogP contribution is -2.21. The van der Waals surface area contributed by atoms with Crippen molar-refractivity contribution in [3.8, 4) is 5.75 Å². The molecule has 6 nitrogen and oxygen atoms in total.